The molecule has 0 spiro atoms. The van der Waals surface area contributed by atoms with Gasteiger partial charge in [-0.05, 0) is 29.8 Å². The van der Waals surface area contributed by atoms with E-state index in [9.17, 15) is 9.50 Å². The predicted molar refractivity (Wildman–Crippen MR) is 85.5 cm³/mol. The largest absolute Gasteiger partial charge is 0.376 e. The predicted octanol–water partition coefficient (Wildman–Crippen LogP) is 4.57. The van der Waals surface area contributed by atoms with E-state index in [2.05, 4.69) is 0 Å². The highest BCUT2D eigenvalue weighted by molar-refractivity contribution is 7.99. The highest BCUT2D eigenvalue weighted by Gasteiger charge is 2.40. The number of benzene rings is 3. The van der Waals surface area contributed by atoms with Gasteiger partial charge in [-0.3, -0.25) is 0 Å². The van der Waals surface area contributed by atoms with Crippen molar-refractivity contribution in [3.05, 3.63) is 95.3 Å². The molecule has 0 saturated carbocycles. The van der Waals surface area contributed by atoms with Crippen LogP contribution in [0.3, 0.4) is 0 Å². The van der Waals surface area contributed by atoms with Gasteiger partial charge in [-0.25, -0.2) is 4.39 Å². The van der Waals surface area contributed by atoms with Crippen molar-refractivity contribution >= 4 is 11.8 Å². The molecule has 3 heteroatoms. The van der Waals surface area contributed by atoms with Crippen LogP contribution in [0.15, 0.2) is 82.6 Å². The average Bonchev–Trinajstić information content (AvgIpc) is 2.56. The van der Waals surface area contributed by atoms with E-state index in [-0.39, 0.29) is 5.82 Å². The van der Waals surface area contributed by atoms with E-state index in [0.29, 0.717) is 5.56 Å². The SMILES string of the molecule is OC1(c2ccc(F)cc2)c2ccccc2Sc2ccccc21. The molecule has 1 N–H and O–H groups in total. The smallest absolute Gasteiger partial charge is 0.142 e. The summed E-state index contributed by atoms with van der Waals surface area (Å²) in [6.45, 7) is 0. The Hall–Kier alpha value is -2.10. The number of hydrogen-bond donors (Lipinski definition) is 1. The van der Waals surface area contributed by atoms with Crippen LogP contribution in [0, 0.1) is 5.82 Å². The molecule has 3 aromatic rings. The summed E-state index contributed by atoms with van der Waals surface area (Å²) in [5, 5.41) is 11.6. The fraction of sp³-hybridized carbons (Fsp3) is 0.0526. The van der Waals surface area contributed by atoms with Crippen LogP contribution in [0.4, 0.5) is 4.39 Å². The highest BCUT2D eigenvalue weighted by atomic mass is 32.2. The van der Waals surface area contributed by atoms with Gasteiger partial charge in [0.25, 0.3) is 0 Å². The minimum atomic E-state index is -1.26. The maximum atomic E-state index is 13.3. The van der Waals surface area contributed by atoms with Crippen LogP contribution in [-0.4, -0.2) is 5.11 Å². The molecule has 108 valence electrons. The van der Waals surface area contributed by atoms with Crippen LogP contribution in [0.2, 0.25) is 0 Å². The number of aliphatic hydroxyl groups is 1. The molecule has 0 saturated heterocycles. The molecule has 0 aromatic heterocycles. The van der Waals surface area contributed by atoms with Gasteiger partial charge in [0, 0.05) is 20.9 Å². The van der Waals surface area contributed by atoms with E-state index >= 15 is 0 Å². The van der Waals surface area contributed by atoms with Gasteiger partial charge in [-0.2, -0.15) is 0 Å². The first-order valence-electron chi connectivity index (χ1n) is 7.05. The zero-order chi connectivity index (χ0) is 15.2. The maximum Gasteiger partial charge on any atom is 0.142 e. The summed E-state index contributed by atoms with van der Waals surface area (Å²) in [6.07, 6.45) is 0. The van der Waals surface area contributed by atoms with Crippen LogP contribution in [0.5, 0.6) is 0 Å². The molecule has 0 amide bonds. The molecule has 1 aliphatic rings. The summed E-state index contributed by atoms with van der Waals surface area (Å²) in [7, 11) is 0. The van der Waals surface area contributed by atoms with Gasteiger partial charge in [-0.1, -0.05) is 60.3 Å². The Balaban J connectivity index is 2.03. The normalized spacial score (nSPS) is 15.0. The number of halogens is 1. The second kappa shape index (κ2) is 4.97. The number of fused-ring (bicyclic) bond motifs is 2. The molecule has 1 nitrogen and oxygen atoms in total. The van der Waals surface area contributed by atoms with Gasteiger partial charge in [0.05, 0.1) is 0 Å². The molecule has 0 unspecified atom stereocenters. The Kier molecular flexibility index (Phi) is 3.06. The minimum Gasteiger partial charge on any atom is -0.376 e. The zero-order valence-electron chi connectivity index (χ0n) is 11.7. The molecule has 0 radical (unpaired) electrons. The summed E-state index contributed by atoms with van der Waals surface area (Å²) in [4.78, 5) is 2.04. The van der Waals surface area contributed by atoms with Gasteiger partial charge in [-0.15, -0.1) is 0 Å². The third-order valence-electron chi connectivity index (χ3n) is 4.04. The molecule has 0 bridgehead atoms. The van der Waals surface area contributed by atoms with Crippen molar-refractivity contribution in [3.63, 3.8) is 0 Å². The fourth-order valence-electron chi connectivity index (χ4n) is 2.97. The molecule has 0 aliphatic carbocycles. The lowest BCUT2D eigenvalue weighted by atomic mass is 9.80. The Morgan fingerprint density at radius 1 is 0.727 bits per heavy atom. The van der Waals surface area contributed by atoms with Crippen molar-refractivity contribution in [2.75, 3.05) is 0 Å². The van der Waals surface area contributed by atoms with Crippen LogP contribution in [0.1, 0.15) is 16.7 Å². The number of hydrogen-bond acceptors (Lipinski definition) is 2. The molecular formula is C19H13FOS. The quantitative estimate of drug-likeness (QED) is 0.710. The van der Waals surface area contributed by atoms with E-state index in [0.717, 1.165) is 20.9 Å². The van der Waals surface area contributed by atoms with E-state index in [1.54, 1.807) is 23.9 Å². The van der Waals surface area contributed by atoms with Crippen molar-refractivity contribution in [2.24, 2.45) is 0 Å². The standard InChI is InChI=1S/C19H13FOS/c20-14-11-9-13(10-12-14)19(21)15-5-1-3-7-17(15)22-18-8-4-2-6-16(18)19/h1-12,21H. The second-order valence-corrected chi connectivity index (χ2v) is 6.40. The first kappa shape index (κ1) is 13.6. The van der Waals surface area contributed by atoms with Crippen LogP contribution in [0.25, 0.3) is 0 Å². The third kappa shape index (κ3) is 1.90. The first-order chi connectivity index (χ1) is 10.7. The zero-order valence-corrected chi connectivity index (χ0v) is 12.5. The maximum absolute atomic E-state index is 13.3. The van der Waals surface area contributed by atoms with Crippen molar-refractivity contribution in [1.29, 1.82) is 0 Å². The van der Waals surface area contributed by atoms with E-state index in [4.69, 9.17) is 0 Å². The Morgan fingerprint density at radius 3 is 1.77 bits per heavy atom. The third-order valence-corrected chi connectivity index (χ3v) is 5.19. The van der Waals surface area contributed by atoms with Gasteiger partial charge in [0.2, 0.25) is 0 Å². The lowest BCUT2D eigenvalue weighted by Crippen LogP contribution is -2.32. The van der Waals surface area contributed by atoms with Gasteiger partial charge < -0.3 is 5.11 Å². The Morgan fingerprint density at radius 2 is 1.23 bits per heavy atom. The average molecular weight is 308 g/mol. The van der Waals surface area contributed by atoms with Crippen molar-refractivity contribution in [2.45, 2.75) is 15.4 Å². The highest BCUT2D eigenvalue weighted by Crippen LogP contribution is 2.50. The van der Waals surface area contributed by atoms with E-state index < -0.39 is 5.60 Å². The Labute approximate surface area is 132 Å². The van der Waals surface area contributed by atoms with E-state index in [1.807, 2.05) is 48.5 Å². The molecule has 1 heterocycles. The molecule has 0 atom stereocenters. The van der Waals surface area contributed by atoms with Crippen molar-refractivity contribution in [3.8, 4) is 0 Å². The van der Waals surface area contributed by atoms with Crippen molar-refractivity contribution in [1.82, 2.24) is 0 Å². The lowest BCUT2D eigenvalue weighted by Gasteiger charge is -2.36. The summed E-state index contributed by atoms with van der Waals surface area (Å²) in [5.74, 6) is -0.306. The minimum absolute atomic E-state index is 0.306. The van der Waals surface area contributed by atoms with Crippen LogP contribution < -0.4 is 0 Å². The van der Waals surface area contributed by atoms with Gasteiger partial charge >= 0.3 is 0 Å². The fourth-order valence-corrected chi connectivity index (χ4v) is 4.16. The summed E-state index contributed by atoms with van der Waals surface area (Å²) in [5.41, 5.74) is 1.09. The van der Waals surface area contributed by atoms with Crippen LogP contribution in [-0.2, 0) is 5.60 Å². The molecule has 1 aliphatic heterocycles. The molecule has 0 fully saturated rings. The first-order valence-corrected chi connectivity index (χ1v) is 7.86. The van der Waals surface area contributed by atoms with Crippen LogP contribution >= 0.6 is 11.8 Å². The summed E-state index contributed by atoms with van der Waals surface area (Å²) >= 11 is 1.65. The molecule has 3 aromatic carbocycles. The summed E-state index contributed by atoms with van der Waals surface area (Å²) in [6, 6.07) is 21.7. The second-order valence-electron chi connectivity index (χ2n) is 5.31. The van der Waals surface area contributed by atoms with Gasteiger partial charge in [0.1, 0.15) is 11.4 Å². The molecular weight excluding hydrogens is 295 g/mol. The van der Waals surface area contributed by atoms with Crippen molar-refractivity contribution < 1.29 is 9.50 Å². The molecule has 22 heavy (non-hydrogen) atoms. The Bertz CT molecular complexity index is 797. The summed E-state index contributed by atoms with van der Waals surface area (Å²) < 4.78 is 13.3. The number of rotatable bonds is 1. The van der Waals surface area contributed by atoms with Gasteiger partial charge in [0.15, 0.2) is 0 Å². The lowest BCUT2D eigenvalue weighted by molar-refractivity contribution is 0.118. The van der Waals surface area contributed by atoms with E-state index in [1.165, 1.54) is 12.1 Å². The molecule has 4 rings (SSSR count). The topological polar surface area (TPSA) is 20.2 Å². The monoisotopic (exact) mass is 308 g/mol.